The molecule has 0 aliphatic heterocycles. The van der Waals surface area contributed by atoms with E-state index in [0.29, 0.717) is 19.4 Å². The average Bonchev–Trinajstić information content (AvgIpc) is 2.83. The minimum Gasteiger partial charge on any atom is -0.481 e. The molecule has 200 valence electrons. The van der Waals surface area contributed by atoms with Gasteiger partial charge in [-0.3, -0.25) is 24.0 Å². The quantitative estimate of drug-likeness (QED) is 0.127. The van der Waals surface area contributed by atoms with Crippen LogP contribution in [0.2, 0.25) is 0 Å². The number of hydrogen-bond acceptors (Lipinski definition) is 7. The van der Waals surface area contributed by atoms with Crippen molar-refractivity contribution < 1.29 is 29.1 Å². The molecule has 0 aromatic heterocycles. The standard InChI is InChI=1S/C24H38N6O6/c1-16(28-20(31)10-13-26)22(34)29-18(9-5-6-12-25)24(36)30-19(15-17-7-3-2-4-8-17)23(35)27-14-11-21(32)33/h2-4,7-8,16,18-19H,5-6,9-15,25-26H2,1H3,(H,27,35)(H,28,31)(H,29,34)(H,30,36)(H,32,33)/t16-,18-,19-/m0/s1. The number of aliphatic carboxylic acids is 1. The van der Waals surface area contributed by atoms with Crippen molar-refractivity contribution in [2.24, 2.45) is 11.5 Å². The molecule has 1 aromatic rings. The Balaban J connectivity index is 2.95. The van der Waals surface area contributed by atoms with Gasteiger partial charge in [-0.1, -0.05) is 30.3 Å². The molecule has 0 bridgehead atoms. The van der Waals surface area contributed by atoms with Gasteiger partial charge in [-0.25, -0.2) is 0 Å². The van der Waals surface area contributed by atoms with E-state index in [1.807, 2.05) is 6.07 Å². The Labute approximate surface area is 210 Å². The summed E-state index contributed by atoms with van der Waals surface area (Å²) in [6.07, 6.45) is 1.43. The van der Waals surface area contributed by atoms with Crippen LogP contribution in [0.25, 0.3) is 0 Å². The Morgan fingerprint density at radius 2 is 1.50 bits per heavy atom. The Morgan fingerprint density at radius 1 is 0.833 bits per heavy atom. The Morgan fingerprint density at radius 3 is 2.11 bits per heavy atom. The maximum atomic E-state index is 13.2. The van der Waals surface area contributed by atoms with Crippen LogP contribution in [0.3, 0.4) is 0 Å². The number of rotatable bonds is 17. The molecule has 36 heavy (non-hydrogen) atoms. The van der Waals surface area contributed by atoms with Crippen LogP contribution in [0.1, 0.15) is 44.6 Å². The highest BCUT2D eigenvalue weighted by Gasteiger charge is 2.28. The fraction of sp³-hybridized carbons (Fsp3) is 0.542. The summed E-state index contributed by atoms with van der Waals surface area (Å²) in [6.45, 7) is 1.96. The van der Waals surface area contributed by atoms with Crippen molar-refractivity contribution in [3.05, 3.63) is 35.9 Å². The second kappa shape index (κ2) is 17.0. The van der Waals surface area contributed by atoms with Crippen LogP contribution in [0, 0.1) is 0 Å². The first-order chi connectivity index (χ1) is 17.2. The monoisotopic (exact) mass is 506 g/mol. The lowest BCUT2D eigenvalue weighted by molar-refractivity contribution is -0.137. The van der Waals surface area contributed by atoms with Crippen molar-refractivity contribution in [3.63, 3.8) is 0 Å². The van der Waals surface area contributed by atoms with Crippen LogP contribution < -0.4 is 32.7 Å². The van der Waals surface area contributed by atoms with Crippen LogP contribution >= 0.6 is 0 Å². The molecule has 0 heterocycles. The number of amides is 4. The molecule has 12 heteroatoms. The van der Waals surface area contributed by atoms with Crippen molar-refractivity contribution >= 4 is 29.6 Å². The highest BCUT2D eigenvalue weighted by Crippen LogP contribution is 2.07. The molecule has 12 nitrogen and oxygen atoms in total. The van der Waals surface area contributed by atoms with Crippen LogP contribution in [0.4, 0.5) is 0 Å². The second-order valence-electron chi connectivity index (χ2n) is 8.36. The molecule has 9 N–H and O–H groups in total. The molecule has 0 fully saturated rings. The number of carbonyl (C=O) groups is 5. The Hall–Kier alpha value is -3.51. The smallest absolute Gasteiger partial charge is 0.305 e. The third-order valence-electron chi connectivity index (χ3n) is 5.28. The molecule has 1 aromatic carbocycles. The zero-order chi connectivity index (χ0) is 26.9. The van der Waals surface area contributed by atoms with E-state index in [1.54, 1.807) is 24.3 Å². The Bertz CT molecular complexity index is 866. The lowest BCUT2D eigenvalue weighted by Crippen LogP contribution is -2.56. The highest BCUT2D eigenvalue weighted by atomic mass is 16.4. The van der Waals surface area contributed by atoms with Crippen LogP contribution in [-0.2, 0) is 30.4 Å². The topological polar surface area (TPSA) is 206 Å². The first-order valence-corrected chi connectivity index (χ1v) is 12.0. The van der Waals surface area contributed by atoms with Crippen molar-refractivity contribution in [3.8, 4) is 0 Å². The van der Waals surface area contributed by atoms with Crippen molar-refractivity contribution in [2.45, 2.75) is 63.6 Å². The molecular weight excluding hydrogens is 468 g/mol. The van der Waals surface area contributed by atoms with Crippen molar-refractivity contribution in [2.75, 3.05) is 19.6 Å². The lowest BCUT2D eigenvalue weighted by atomic mass is 10.0. The third-order valence-corrected chi connectivity index (χ3v) is 5.28. The number of nitrogens with one attached hydrogen (secondary N) is 4. The molecule has 0 spiro atoms. The van der Waals surface area contributed by atoms with Crippen LogP contribution in [0.5, 0.6) is 0 Å². The van der Waals surface area contributed by atoms with Crippen molar-refractivity contribution in [1.82, 2.24) is 21.3 Å². The van der Waals surface area contributed by atoms with Crippen molar-refractivity contribution in [1.29, 1.82) is 0 Å². The fourth-order valence-corrected chi connectivity index (χ4v) is 3.32. The van der Waals surface area contributed by atoms with E-state index in [-0.39, 0.29) is 44.7 Å². The molecule has 0 saturated heterocycles. The summed E-state index contributed by atoms with van der Waals surface area (Å²) in [5, 5.41) is 19.2. The van der Waals surface area contributed by atoms with E-state index in [9.17, 15) is 24.0 Å². The molecule has 0 radical (unpaired) electrons. The van der Waals surface area contributed by atoms with E-state index in [1.165, 1.54) is 6.92 Å². The molecule has 0 aliphatic carbocycles. The van der Waals surface area contributed by atoms with Gasteiger partial charge in [0.15, 0.2) is 0 Å². The number of carbonyl (C=O) groups excluding carboxylic acids is 4. The summed E-state index contributed by atoms with van der Waals surface area (Å²) in [5.74, 6) is -3.11. The van der Waals surface area contributed by atoms with Gasteiger partial charge in [-0.15, -0.1) is 0 Å². The van der Waals surface area contributed by atoms with Gasteiger partial charge in [0.1, 0.15) is 18.1 Å². The van der Waals surface area contributed by atoms with Gasteiger partial charge in [-0.2, -0.15) is 0 Å². The van der Waals surface area contributed by atoms with Gasteiger partial charge in [0.2, 0.25) is 23.6 Å². The fourth-order valence-electron chi connectivity index (χ4n) is 3.32. The molecule has 0 aliphatic rings. The highest BCUT2D eigenvalue weighted by molar-refractivity contribution is 5.94. The molecule has 0 unspecified atom stereocenters. The van der Waals surface area contributed by atoms with Crippen LogP contribution in [0.15, 0.2) is 30.3 Å². The van der Waals surface area contributed by atoms with E-state index in [0.717, 1.165) is 5.56 Å². The first kappa shape index (κ1) is 30.5. The SMILES string of the molecule is C[C@H](NC(=O)CCN)C(=O)N[C@@H](CCCCN)C(=O)N[C@@H](Cc1ccccc1)C(=O)NCCC(=O)O. The van der Waals surface area contributed by atoms with Crippen LogP contribution in [-0.4, -0.2) is 72.5 Å². The van der Waals surface area contributed by atoms with Gasteiger partial charge < -0.3 is 37.8 Å². The predicted octanol–water partition coefficient (Wildman–Crippen LogP) is -1.23. The number of hydrogen-bond donors (Lipinski definition) is 7. The maximum Gasteiger partial charge on any atom is 0.305 e. The van der Waals surface area contributed by atoms with E-state index >= 15 is 0 Å². The van der Waals surface area contributed by atoms with E-state index in [2.05, 4.69) is 21.3 Å². The zero-order valence-corrected chi connectivity index (χ0v) is 20.6. The molecule has 0 saturated carbocycles. The average molecular weight is 507 g/mol. The van der Waals surface area contributed by atoms with Gasteiger partial charge in [-0.05, 0) is 38.3 Å². The number of unbranched alkanes of at least 4 members (excludes halogenated alkanes) is 1. The predicted molar refractivity (Wildman–Crippen MR) is 133 cm³/mol. The molecule has 4 amide bonds. The lowest BCUT2D eigenvalue weighted by Gasteiger charge is -2.24. The molecule has 1 rings (SSSR count). The maximum absolute atomic E-state index is 13.2. The van der Waals surface area contributed by atoms with Gasteiger partial charge in [0.05, 0.1) is 6.42 Å². The van der Waals surface area contributed by atoms with E-state index in [4.69, 9.17) is 16.6 Å². The number of benzene rings is 1. The van der Waals surface area contributed by atoms with Gasteiger partial charge in [0, 0.05) is 25.9 Å². The summed E-state index contributed by atoms with van der Waals surface area (Å²) in [6, 6.07) is 6.16. The minimum absolute atomic E-state index is 0.0657. The summed E-state index contributed by atoms with van der Waals surface area (Å²) < 4.78 is 0. The van der Waals surface area contributed by atoms with E-state index < -0.39 is 41.8 Å². The number of nitrogens with two attached hydrogens (primary N) is 2. The normalized spacial score (nSPS) is 13.1. The first-order valence-electron chi connectivity index (χ1n) is 12.0. The largest absolute Gasteiger partial charge is 0.481 e. The Kier molecular flexibility index (Phi) is 14.4. The summed E-state index contributed by atoms with van der Waals surface area (Å²) in [7, 11) is 0. The summed E-state index contributed by atoms with van der Waals surface area (Å²) >= 11 is 0. The molecule has 3 atom stereocenters. The zero-order valence-electron chi connectivity index (χ0n) is 20.6. The summed E-state index contributed by atoms with van der Waals surface area (Å²) in [4.78, 5) is 61.2. The third kappa shape index (κ3) is 12.3. The minimum atomic E-state index is -1.06. The number of carboxylic acids is 1. The van der Waals surface area contributed by atoms with Gasteiger partial charge in [0.25, 0.3) is 0 Å². The number of carboxylic acid groups (broad SMARTS) is 1. The molecular formula is C24H38N6O6. The van der Waals surface area contributed by atoms with Gasteiger partial charge >= 0.3 is 5.97 Å². The second-order valence-corrected chi connectivity index (χ2v) is 8.36. The summed E-state index contributed by atoms with van der Waals surface area (Å²) in [5.41, 5.74) is 11.7.